The van der Waals surface area contributed by atoms with Gasteiger partial charge in [0.15, 0.2) is 0 Å². The van der Waals surface area contributed by atoms with Gasteiger partial charge in [-0.3, -0.25) is 0 Å². The molecule has 0 aliphatic carbocycles. The lowest BCUT2D eigenvalue weighted by molar-refractivity contribution is 0.332. The third-order valence-corrected chi connectivity index (χ3v) is 2.80. The van der Waals surface area contributed by atoms with Crippen molar-refractivity contribution in [3.05, 3.63) is 12.2 Å². The maximum absolute atomic E-state index is 5.68. The first-order chi connectivity index (χ1) is 8.79. The van der Waals surface area contributed by atoms with E-state index in [1.165, 1.54) is 19.3 Å². The highest BCUT2D eigenvalue weighted by Crippen LogP contribution is 2.18. The van der Waals surface area contributed by atoms with E-state index in [1.54, 1.807) is 0 Å². The average molecular weight is 249 g/mol. The van der Waals surface area contributed by atoms with E-state index in [2.05, 4.69) is 19.9 Å². The van der Waals surface area contributed by atoms with Crippen LogP contribution in [0.3, 0.4) is 0 Å². The number of piperidine rings is 1. The molecule has 1 aromatic rings. The van der Waals surface area contributed by atoms with Crippen molar-refractivity contribution < 1.29 is 4.74 Å². The molecule has 98 valence electrons. The molecule has 2 heterocycles. The normalized spacial score (nSPS) is 16.2. The molecule has 2 rings (SSSR count). The second-order valence-corrected chi connectivity index (χ2v) is 4.20. The largest absolute Gasteiger partial charge is 0.459 e. The number of ether oxygens (including phenoxy) is 1. The van der Waals surface area contributed by atoms with Crippen molar-refractivity contribution in [2.45, 2.75) is 26.2 Å². The highest BCUT2D eigenvalue weighted by molar-refractivity contribution is 5.36. The van der Waals surface area contributed by atoms with Crippen molar-refractivity contribution >= 4 is 11.9 Å². The molecule has 18 heavy (non-hydrogen) atoms. The van der Waals surface area contributed by atoms with Gasteiger partial charge >= 0.3 is 6.01 Å². The molecule has 0 unspecified atom stereocenters. The van der Waals surface area contributed by atoms with Gasteiger partial charge in [0.2, 0.25) is 11.9 Å². The fourth-order valence-electron chi connectivity index (χ4n) is 1.88. The highest BCUT2D eigenvalue weighted by Gasteiger charge is 2.15. The van der Waals surface area contributed by atoms with Crippen molar-refractivity contribution in [2.24, 2.45) is 0 Å². The summed E-state index contributed by atoms with van der Waals surface area (Å²) in [5.41, 5.74) is 5.68. The van der Waals surface area contributed by atoms with E-state index in [0.29, 0.717) is 18.6 Å². The molecule has 1 fully saturated rings. The van der Waals surface area contributed by atoms with E-state index < -0.39 is 0 Å². The maximum atomic E-state index is 5.68. The van der Waals surface area contributed by atoms with E-state index in [4.69, 9.17) is 10.5 Å². The maximum Gasteiger partial charge on any atom is 0.323 e. The molecule has 0 bridgehead atoms. The summed E-state index contributed by atoms with van der Waals surface area (Å²) in [6.07, 6.45) is 7.40. The fraction of sp³-hybridized carbons (Fsp3) is 0.583. The Balaban J connectivity index is 2.09. The molecule has 2 N–H and O–H groups in total. The van der Waals surface area contributed by atoms with Gasteiger partial charge in [0, 0.05) is 13.1 Å². The zero-order valence-electron chi connectivity index (χ0n) is 10.7. The number of nitrogens with two attached hydrogens (primary N) is 1. The smallest absolute Gasteiger partial charge is 0.323 e. The van der Waals surface area contributed by atoms with Crippen molar-refractivity contribution in [2.75, 3.05) is 30.3 Å². The first-order valence-electron chi connectivity index (χ1n) is 6.30. The monoisotopic (exact) mass is 249 g/mol. The molecule has 0 spiro atoms. The average Bonchev–Trinajstić information content (AvgIpc) is 2.39. The van der Waals surface area contributed by atoms with Crippen LogP contribution in [0.5, 0.6) is 6.01 Å². The molecule has 0 atom stereocenters. The molecule has 1 aliphatic heterocycles. The number of hydrogen-bond donors (Lipinski definition) is 1. The van der Waals surface area contributed by atoms with Crippen LogP contribution in [0, 0.1) is 0 Å². The summed E-state index contributed by atoms with van der Waals surface area (Å²) < 4.78 is 5.40. The first kappa shape index (κ1) is 12.6. The van der Waals surface area contributed by atoms with E-state index in [9.17, 15) is 0 Å². The van der Waals surface area contributed by atoms with Crippen LogP contribution in [0.25, 0.3) is 0 Å². The minimum absolute atomic E-state index is 0.209. The van der Waals surface area contributed by atoms with Gasteiger partial charge in [-0.15, -0.1) is 0 Å². The Morgan fingerprint density at radius 3 is 2.72 bits per heavy atom. The second-order valence-electron chi connectivity index (χ2n) is 4.20. The van der Waals surface area contributed by atoms with Gasteiger partial charge in [0.25, 0.3) is 0 Å². The SMILES string of the molecule is C/C=C/COc1nc(N)nc(N2CCCCC2)n1. The molecular weight excluding hydrogens is 230 g/mol. The molecule has 0 aromatic carbocycles. The number of anilines is 2. The van der Waals surface area contributed by atoms with Crippen LogP contribution in [-0.4, -0.2) is 34.6 Å². The van der Waals surface area contributed by atoms with Gasteiger partial charge < -0.3 is 15.4 Å². The van der Waals surface area contributed by atoms with Crippen LogP contribution in [0.4, 0.5) is 11.9 Å². The first-order valence-corrected chi connectivity index (χ1v) is 6.30. The lowest BCUT2D eigenvalue weighted by atomic mass is 10.1. The molecule has 1 aliphatic rings. The molecule has 0 amide bonds. The summed E-state index contributed by atoms with van der Waals surface area (Å²) in [4.78, 5) is 14.6. The van der Waals surface area contributed by atoms with Crippen molar-refractivity contribution in [1.82, 2.24) is 15.0 Å². The molecule has 6 heteroatoms. The number of rotatable bonds is 4. The van der Waals surface area contributed by atoms with Gasteiger partial charge in [-0.1, -0.05) is 12.2 Å². The lowest BCUT2D eigenvalue weighted by Gasteiger charge is -2.26. The van der Waals surface area contributed by atoms with Gasteiger partial charge in [0.1, 0.15) is 6.61 Å². The van der Waals surface area contributed by atoms with Crippen LogP contribution in [0.1, 0.15) is 26.2 Å². The van der Waals surface area contributed by atoms with Gasteiger partial charge in [-0.25, -0.2) is 0 Å². The molecule has 1 saturated heterocycles. The third kappa shape index (κ3) is 3.32. The Morgan fingerprint density at radius 2 is 2.00 bits per heavy atom. The van der Waals surface area contributed by atoms with Crippen LogP contribution in [0.2, 0.25) is 0 Å². The molecular formula is C12H19N5O. The van der Waals surface area contributed by atoms with E-state index in [1.807, 2.05) is 19.1 Å². The Labute approximate surface area is 107 Å². The number of allylic oxidation sites excluding steroid dienone is 1. The van der Waals surface area contributed by atoms with Crippen molar-refractivity contribution in [3.63, 3.8) is 0 Å². The molecule has 1 aromatic heterocycles. The zero-order valence-corrected chi connectivity index (χ0v) is 10.7. The van der Waals surface area contributed by atoms with Crippen LogP contribution in [0.15, 0.2) is 12.2 Å². The van der Waals surface area contributed by atoms with Crippen LogP contribution in [-0.2, 0) is 0 Å². The van der Waals surface area contributed by atoms with Crippen LogP contribution < -0.4 is 15.4 Å². The van der Waals surface area contributed by atoms with E-state index >= 15 is 0 Å². The van der Waals surface area contributed by atoms with Gasteiger partial charge in [-0.05, 0) is 26.2 Å². The molecule has 0 saturated carbocycles. The fourth-order valence-corrected chi connectivity index (χ4v) is 1.88. The third-order valence-electron chi connectivity index (χ3n) is 2.80. The minimum atomic E-state index is 0.209. The Morgan fingerprint density at radius 1 is 1.22 bits per heavy atom. The number of nitrogens with zero attached hydrogens (tertiary/aromatic N) is 4. The lowest BCUT2D eigenvalue weighted by Crippen LogP contribution is -2.31. The molecule has 6 nitrogen and oxygen atoms in total. The standard InChI is InChI=1S/C12H19N5O/c1-2-3-9-18-12-15-10(13)14-11(16-12)17-7-5-4-6-8-17/h2-3H,4-9H2,1H3,(H2,13,14,15,16)/b3-2+. The van der Waals surface area contributed by atoms with Crippen molar-refractivity contribution in [3.8, 4) is 6.01 Å². The Kier molecular flexibility index (Phi) is 4.33. The Bertz CT molecular complexity index is 415. The topological polar surface area (TPSA) is 77.2 Å². The van der Waals surface area contributed by atoms with Crippen LogP contribution >= 0.6 is 0 Å². The van der Waals surface area contributed by atoms with Gasteiger partial charge in [0.05, 0.1) is 0 Å². The predicted octanol–water partition coefficient (Wildman–Crippen LogP) is 1.40. The quantitative estimate of drug-likeness (QED) is 0.813. The number of nitrogen functional groups attached to an aromatic ring is 1. The molecule has 0 radical (unpaired) electrons. The van der Waals surface area contributed by atoms with Gasteiger partial charge in [-0.2, -0.15) is 15.0 Å². The summed E-state index contributed by atoms with van der Waals surface area (Å²) >= 11 is 0. The summed E-state index contributed by atoms with van der Waals surface area (Å²) in [7, 11) is 0. The summed E-state index contributed by atoms with van der Waals surface area (Å²) in [5.74, 6) is 0.832. The number of aromatic nitrogens is 3. The number of hydrogen-bond acceptors (Lipinski definition) is 6. The Hall–Kier alpha value is -1.85. The summed E-state index contributed by atoms with van der Waals surface area (Å²) in [6.45, 7) is 4.32. The minimum Gasteiger partial charge on any atom is -0.459 e. The predicted molar refractivity (Wildman–Crippen MR) is 70.6 cm³/mol. The highest BCUT2D eigenvalue weighted by atomic mass is 16.5. The van der Waals surface area contributed by atoms with Crippen molar-refractivity contribution in [1.29, 1.82) is 0 Å². The summed E-state index contributed by atoms with van der Waals surface area (Å²) in [5, 5.41) is 0. The van der Waals surface area contributed by atoms with E-state index in [-0.39, 0.29) is 5.95 Å². The van der Waals surface area contributed by atoms with E-state index in [0.717, 1.165) is 13.1 Å². The summed E-state index contributed by atoms with van der Waals surface area (Å²) in [6, 6.07) is 0.293. The second kappa shape index (κ2) is 6.18. The zero-order chi connectivity index (χ0) is 12.8.